The minimum atomic E-state index is -0.255. The second-order valence-corrected chi connectivity index (χ2v) is 7.75. The van der Waals surface area contributed by atoms with E-state index in [4.69, 9.17) is 11.5 Å². The predicted molar refractivity (Wildman–Crippen MR) is 133 cm³/mol. The second kappa shape index (κ2) is 13.2. The van der Waals surface area contributed by atoms with E-state index >= 15 is 0 Å². The fraction of sp³-hybridized carbons (Fsp3) is 0.208. The number of anilines is 2. The van der Waals surface area contributed by atoms with E-state index in [0.717, 1.165) is 22.9 Å². The van der Waals surface area contributed by atoms with Crippen LogP contribution in [0.1, 0.15) is 31.1 Å². The molecule has 0 saturated heterocycles. The number of nitrogens with two attached hydrogens (primary N) is 2. The Morgan fingerprint density at radius 2 is 1.73 bits per heavy atom. The summed E-state index contributed by atoms with van der Waals surface area (Å²) in [4.78, 5) is 24.2. The highest BCUT2D eigenvalue weighted by molar-refractivity contribution is 5.95. The number of allylic oxidation sites excluding steroid dienone is 1. The molecule has 174 valence electrons. The van der Waals surface area contributed by atoms with E-state index in [-0.39, 0.29) is 11.2 Å². The number of aromatic nitrogens is 2. The summed E-state index contributed by atoms with van der Waals surface area (Å²) in [5, 5.41) is 20.3. The summed E-state index contributed by atoms with van der Waals surface area (Å²) >= 11 is 0. The first-order valence-electron chi connectivity index (χ1n) is 9.97. The molecule has 0 atom stereocenters. The maximum absolute atomic E-state index is 10.6. The Hall–Kier alpha value is -4.27. The number of carbonyl (C=O) groups excluding carboxylic acids is 2. The Bertz CT molecular complexity index is 1100. The summed E-state index contributed by atoms with van der Waals surface area (Å²) in [5.41, 5.74) is 13.3. The van der Waals surface area contributed by atoms with Crippen molar-refractivity contribution in [2.45, 2.75) is 20.8 Å². The number of nitrogen functional groups attached to an aromatic ring is 1. The Morgan fingerprint density at radius 3 is 2.27 bits per heavy atom. The summed E-state index contributed by atoms with van der Waals surface area (Å²) in [6, 6.07) is 14.4. The molecule has 0 saturated carbocycles. The van der Waals surface area contributed by atoms with Gasteiger partial charge in [0, 0.05) is 40.9 Å². The summed E-state index contributed by atoms with van der Waals surface area (Å²) in [6.07, 6.45) is 4.36. The lowest BCUT2D eigenvalue weighted by atomic mass is 9.93. The van der Waals surface area contributed by atoms with Gasteiger partial charge in [0.15, 0.2) is 6.29 Å². The van der Waals surface area contributed by atoms with Crippen molar-refractivity contribution in [3.05, 3.63) is 72.1 Å². The van der Waals surface area contributed by atoms with Crippen LogP contribution in [0, 0.1) is 5.41 Å². The molecule has 0 aliphatic carbocycles. The third kappa shape index (κ3) is 9.60. The van der Waals surface area contributed by atoms with Crippen LogP contribution in [0.25, 0.3) is 10.9 Å². The average molecular weight is 451 g/mol. The number of carbonyl (C=O) groups is 2. The Morgan fingerprint density at radius 1 is 1.09 bits per heavy atom. The lowest BCUT2D eigenvalue weighted by Crippen LogP contribution is -2.14. The topological polar surface area (TPSA) is 157 Å². The number of nitrogens with zero attached hydrogens (tertiary/aromatic N) is 3. The Labute approximate surface area is 193 Å². The van der Waals surface area contributed by atoms with Gasteiger partial charge in [0.05, 0.1) is 11.7 Å². The van der Waals surface area contributed by atoms with Crippen molar-refractivity contribution >= 4 is 40.8 Å². The molecule has 1 aromatic heterocycles. The molecule has 2 aromatic carbocycles. The van der Waals surface area contributed by atoms with E-state index in [2.05, 4.69) is 20.5 Å². The molecule has 1 heterocycles. The molecule has 9 heteroatoms. The molecule has 0 aliphatic rings. The van der Waals surface area contributed by atoms with Gasteiger partial charge >= 0.3 is 0 Å². The van der Waals surface area contributed by atoms with Gasteiger partial charge in [0.1, 0.15) is 11.6 Å². The van der Waals surface area contributed by atoms with Crippen molar-refractivity contribution in [1.82, 2.24) is 10.2 Å². The number of aldehydes is 1. The molecule has 33 heavy (non-hydrogen) atoms. The van der Waals surface area contributed by atoms with Crippen molar-refractivity contribution in [1.29, 1.82) is 0 Å². The standard InChI is InChI=1S/C9H6N2O.C8H16N2O.C7H8N2O/c12-6-7-5-10-11-9-4-2-1-3-8(7)9;1-8(2,3)6(11)5-7(9)10-4;8-6-1-3-7(4-2-6)9-5-10/h1-6H;5,11H,1-4H3,(H2,9,10);1-5H,8H2,(H,9,10)/b;6-5-;. The molecule has 3 rings (SSSR count). The van der Waals surface area contributed by atoms with Gasteiger partial charge in [-0.25, -0.2) is 0 Å². The van der Waals surface area contributed by atoms with Gasteiger partial charge in [-0.05, 0) is 30.3 Å². The molecule has 3 aromatic rings. The first-order valence-corrected chi connectivity index (χ1v) is 9.97. The monoisotopic (exact) mass is 450 g/mol. The van der Waals surface area contributed by atoms with E-state index < -0.39 is 0 Å². The summed E-state index contributed by atoms with van der Waals surface area (Å²) in [5.74, 6) is 0.595. The highest BCUT2D eigenvalue weighted by atomic mass is 16.3. The van der Waals surface area contributed by atoms with Crippen molar-refractivity contribution in [3.8, 4) is 0 Å². The molecular formula is C24H30N6O3. The van der Waals surface area contributed by atoms with Crippen LogP contribution >= 0.6 is 0 Å². The molecule has 1 amide bonds. The Balaban J connectivity index is 0.000000249. The molecule has 0 fully saturated rings. The van der Waals surface area contributed by atoms with E-state index in [1.807, 2.05) is 45.0 Å². The van der Waals surface area contributed by atoms with Crippen LogP contribution < -0.4 is 16.8 Å². The average Bonchev–Trinajstić information content (AvgIpc) is 2.80. The van der Waals surface area contributed by atoms with Crippen molar-refractivity contribution in [2.75, 3.05) is 18.1 Å². The number of hydrogen-bond acceptors (Lipinski definition) is 7. The fourth-order valence-corrected chi connectivity index (χ4v) is 2.19. The largest absolute Gasteiger partial charge is 0.512 e. The smallest absolute Gasteiger partial charge is 0.211 e. The van der Waals surface area contributed by atoms with Crippen LogP contribution in [-0.4, -0.2) is 40.9 Å². The van der Waals surface area contributed by atoms with E-state index in [1.54, 1.807) is 31.3 Å². The van der Waals surface area contributed by atoms with Gasteiger partial charge < -0.3 is 21.9 Å². The highest BCUT2D eigenvalue weighted by Crippen LogP contribution is 2.21. The summed E-state index contributed by atoms with van der Waals surface area (Å²) < 4.78 is 0. The molecule has 0 bridgehead atoms. The zero-order valence-electron chi connectivity index (χ0n) is 19.2. The van der Waals surface area contributed by atoms with E-state index in [1.165, 1.54) is 12.3 Å². The van der Waals surface area contributed by atoms with E-state index in [0.29, 0.717) is 23.5 Å². The van der Waals surface area contributed by atoms with Gasteiger partial charge in [0.2, 0.25) is 6.41 Å². The maximum Gasteiger partial charge on any atom is 0.211 e. The molecule has 0 unspecified atom stereocenters. The number of aliphatic imine (C=N–C) groups is 1. The number of nitrogens with one attached hydrogen (secondary N) is 1. The Kier molecular flexibility index (Phi) is 10.7. The van der Waals surface area contributed by atoms with Crippen molar-refractivity contribution in [3.63, 3.8) is 0 Å². The minimum Gasteiger partial charge on any atom is -0.512 e. The molecular weight excluding hydrogens is 420 g/mol. The lowest BCUT2D eigenvalue weighted by molar-refractivity contribution is -0.105. The molecule has 0 radical (unpaired) electrons. The number of rotatable bonds is 4. The van der Waals surface area contributed by atoms with Crippen LogP contribution in [0.15, 0.2) is 71.6 Å². The van der Waals surface area contributed by atoms with E-state index in [9.17, 15) is 14.7 Å². The van der Waals surface area contributed by atoms with Gasteiger partial charge in [0.25, 0.3) is 0 Å². The number of hydrogen-bond donors (Lipinski definition) is 4. The highest BCUT2D eigenvalue weighted by Gasteiger charge is 2.15. The number of amidine groups is 1. The molecule has 0 aliphatic heterocycles. The van der Waals surface area contributed by atoms with Crippen LogP contribution in [0.3, 0.4) is 0 Å². The molecule has 0 spiro atoms. The maximum atomic E-state index is 10.6. The van der Waals surface area contributed by atoms with Crippen LogP contribution in [-0.2, 0) is 4.79 Å². The van der Waals surface area contributed by atoms with Crippen LogP contribution in [0.2, 0.25) is 0 Å². The zero-order valence-corrected chi connectivity index (χ0v) is 19.2. The molecule has 6 N–H and O–H groups in total. The number of fused-ring (bicyclic) bond motifs is 1. The lowest BCUT2D eigenvalue weighted by Gasteiger charge is -2.16. The van der Waals surface area contributed by atoms with Crippen LogP contribution in [0.4, 0.5) is 11.4 Å². The third-order valence-electron chi connectivity index (χ3n) is 4.15. The van der Waals surface area contributed by atoms with Gasteiger partial charge in [-0.15, -0.1) is 0 Å². The predicted octanol–water partition coefficient (Wildman–Crippen LogP) is 3.74. The van der Waals surface area contributed by atoms with Gasteiger partial charge in [-0.1, -0.05) is 39.0 Å². The number of aliphatic hydroxyl groups excluding tert-OH is 1. The van der Waals surface area contributed by atoms with Crippen LogP contribution in [0.5, 0.6) is 0 Å². The minimum absolute atomic E-state index is 0.251. The van der Waals surface area contributed by atoms with Crippen molar-refractivity contribution in [2.24, 2.45) is 16.1 Å². The normalized spacial score (nSPS) is 11.4. The van der Waals surface area contributed by atoms with Gasteiger partial charge in [-0.2, -0.15) is 10.2 Å². The number of benzene rings is 2. The second-order valence-electron chi connectivity index (χ2n) is 7.75. The summed E-state index contributed by atoms with van der Waals surface area (Å²) in [6.45, 7) is 5.71. The fourth-order valence-electron chi connectivity index (χ4n) is 2.19. The quantitative estimate of drug-likeness (QED) is 0.155. The molecule has 9 nitrogen and oxygen atoms in total. The third-order valence-corrected chi connectivity index (χ3v) is 4.15. The zero-order chi connectivity index (χ0) is 24.9. The first-order chi connectivity index (χ1) is 15.6. The SMILES string of the molecule is CN=C(N)/C=C(\O)C(C)(C)C.Nc1ccc(NC=O)cc1.O=Cc1cnnc2ccccc12. The first kappa shape index (κ1) is 26.8. The van der Waals surface area contributed by atoms with Crippen molar-refractivity contribution < 1.29 is 14.7 Å². The summed E-state index contributed by atoms with van der Waals surface area (Å²) in [7, 11) is 1.59. The number of amides is 1. The number of aliphatic hydroxyl groups is 1. The van der Waals surface area contributed by atoms with Gasteiger partial charge in [-0.3, -0.25) is 14.6 Å².